The van der Waals surface area contributed by atoms with Gasteiger partial charge in [-0.3, -0.25) is 0 Å². The zero-order chi connectivity index (χ0) is 11.8. The lowest BCUT2D eigenvalue weighted by molar-refractivity contribution is -0.0790. The monoisotopic (exact) mass is 289 g/mol. The maximum Gasteiger partial charge on any atom is 0.409 e. The molecule has 0 fully saturated rings. The molecule has 0 saturated heterocycles. The first-order valence-corrected chi connectivity index (χ1v) is 5.27. The summed E-state index contributed by atoms with van der Waals surface area (Å²) in [4.78, 5) is 2.89. The normalized spacial score (nSPS) is 12.8. The van der Waals surface area contributed by atoms with Gasteiger partial charge in [-0.15, -0.1) is 0 Å². The number of H-pyrrole nitrogens is 1. The Morgan fingerprint density at radius 2 is 1.94 bits per heavy atom. The summed E-state index contributed by atoms with van der Waals surface area (Å²) in [6, 6.07) is 7.15. The molecule has 0 aliphatic heterocycles. The Hall–Kier alpha value is -1.23. The second-order valence-electron chi connectivity index (χ2n) is 3.33. The van der Waals surface area contributed by atoms with Crippen molar-refractivity contribution < 1.29 is 13.2 Å². The Kier molecular flexibility index (Phi) is 2.80. The van der Waals surface area contributed by atoms with Crippen molar-refractivity contribution in [3.05, 3.63) is 40.5 Å². The lowest BCUT2D eigenvalue weighted by atomic mass is 10.2. The van der Waals surface area contributed by atoms with Crippen LogP contribution in [0.25, 0.3) is 17.0 Å². The molecule has 1 aromatic heterocycles. The summed E-state index contributed by atoms with van der Waals surface area (Å²) in [7, 11) is 0. The van der Waals surface area contributed by atoms with Crippen molar-refractivity contribution in [3.8, 4) is 0 Å². The predicted octanol–water partition coefficient (Wildman–Crippen LogP) is 4.51. The average molecular weight is 290 g/mol. The van der Waals surface area contributed by atoms with E-state index in [2.05, 4.69) is 20.9 Å². The van der Waals surface area contributed by atoms with E-state index in [-0.39, 0.29) is 6.08 Å². The number of hydrogen-bond acceptors (Lipinski definition) is 0. The first-order valence-electron chi connectivity index (χ1n) is 4.48. The molecule has 0 aliphatic carbocycles. The van der Waals surface area contributed by atoms with Crippen molar-refractivity contribution in [2.24, 2.45) is 0 Å². The number of aromatic nitrogens is 1. The van der Waals surface area contributed by atoms with Gasteiger partial charge < -0.3 is 4.98 Å². The summed E-state index contributed by atoms with van der Waals surface area (Å²) in [5.41, 5.74) is 1.25. The fourth-order valence-electron chi connectivity index (χ4n) is 1.40. The molecule has 0 atom stereocenters. The van der Waals surface area contributed by atoms with E-state index >= 15 is 0 Å². The van der Waals surface area contributed by atoms with E-state index in [9.17, 15) is 13.2 Å². The van der Waals surface area contributed by atoms with Crippen LogP contribution in [0.4, 0.5) is 13.2 Å². The van der Waals surface area contributed by atoms with Gasteiger partial charge in [0.15, 0.2) is 0 Å². The van der Waals surface area contributed by atoms with Gasteiger partial charge in [0.2, 0.25) is 0 Å². The molecule has 1 heterocycles. The number of halogens is 4. The fourth-order valence-corrected chi connectivity index (χ4v) is 1.78. The summed E-state index contributed by atoms with van der Waals surface area (Å²) in [6.07, 6.45) is -3.04. The lowest BCUT2D eigenvalue weighted by Crippen LogP contribution is -2.00. The minimum Gasteiger partial charge on any atom is -0.355 e. The Bertz CT molecular complexity index is 540. The van der Waals surface area contributed by atoms with Gasteiger partial charge in [-0.2, -0.15) is 13.2 Å². The van der Waals surface area contributed by atoms with Crippen LogP contribution in [0.15, 0.2) is 34.8 Å². The maximum absolute atomic E-state index is 12.0. The number of fused-ring (bicyclic) bond motifs is 1. The topological polar surface area (TPSA) is 15.8 Å². The van der Waals surface area contributed by atoms with Gasteiger partial charge in [-0.05, 0) is 30.3 Å². The van der Waals surface area contributed by atoms with Crippen LogP contribution in [0.3, 0.4) is 0 Å². The first-order chi connectivity index (χ1) is 7.44. The summed E-state index contributed by atoms with van der Waals surface area (Å²) in [5.74, 6) is 0. The van der Waals surface area contributed by atoms with Crippen LogP contribution >= 0.6 is 15.9 Å². The zero-order valence-corrected chi connectivity index (χ0v) is 9.56. The van der Waals surface area contributed by atoms with Gasteiger partial charge >= 0.3 is 6.18 Å². The number of alkyl halides is 3. The lowest BCUT2D eigenvalue weighted by Gasteiger charge is -1.95. The molecule has 0 spiro atoms. The average Bonchev–Trinajstić information content (AvgIpc) is 2.55. The fraction of sp³-hybridized carbons (Fsp3) is 0.0909. The van der Waals surface area contributed by atoms with Gasteiger partial charge in [0.1, 0.15) is 0 Å². The highest BCUT2D eigenvalue weighted by atomic mass is 79.9. The van der Waals surface area contributed by atoms with Gasteiger partial charge in [0, 0.05) is 27.1 Å². The Labute approximate surface area is 98.1 Å². The van der Waals surface area contributed by atoms with Crippen molar-refractivity contribution in [2.75, 3.05) is 0 Å². The number of allylic oxidation sites excluding steroid dienone is 1. The van der Waals surface area contributed by atoms with Crippen molar-refractivity contribution in [1.82, 2.24) is 4.98 Å². The van der Waals surface area contributed by atoms with Gasteiger partial charge in [0.25, 0.3) is 0 Å². The third-order valence-electron chi connectivity index (χ3n) is 2.06. The van der Waals surface area contributed by atoms with Crippen molar-refractivity contribution in [1.29, 1.82) is 0 Å². The molecule has 1 aromatic carbocycles. The second-order valence-corrected chi connectivity index (χ2v) is 4.25. The van der Waals surface area contributed by atoms with E-state index in [0.717, 1.165) is 21.5 Å². The van der Waals surface area contributed by atoms with E-state index < -0.39 is 6.18 Å². The Balaban J connectivity index is 2.37. The summed E-state index contributed by atoms with van der Waals surface area (Å²) in [5, 5.41) is 0.871. The molecule has 0 aliphatic rings. The SMILES string of the molecule is FC(F)(F)/C=C/c1cc2cc(Br)ccc2[nH]1. The smallest absolute Gasteiger partial charge is 0.355 e. The van der Waals surface area contributed by atoms with E-state index in [1.165, 1.54) is 0 Å². The molecular formula is C11H7BrF3N. The number of nitrogens with one attached hydrogen (secondary N) is 1. The van der Waals surface area contributed by atoms with E-state index in [1.54, 1.807) is 6.07 Å². The summed E-state index contributed by atoms with van der Waals surface area (Å²) in [6.45, 7) is 0. The third-order valence-corrected chi connectivity index (χ3v) is 2.55. The van der Waals surface area contributed by atoms with Gasteiger partial charge in [-0.25, -0.2) is 0 Å². The zero-order valence-electron chi connectivity index (χ0n) is 7.98. The molecule has 0 bridgehead atoms. The van der Waals surface area contributed by atoms with E-state index in [0.29, 0.717) is 5.69 Å². The highest BCUT2D eigenvalue weighted by Crippen LogP contribution is 2.23. The molecule has 16 heavy (non-hydrogen) atoms. The quantitative estimate of drug-likeness (QED) is 0.795. The van der Waals surface area contributed by atoms with Crippen molar-refractivity contribution in [3.63, 3.8) is 0 Å². The van der Waals surface area contributed by atoms with Gasteiger partial charge in [-0.1, -0.05) is 15.9 Å². The van der Waals surface area contributed by atoms with Crippen molar-refractivity contribution in [2.45, 2.75) is 6.18 Å². The molecule has 0 saturated carbocycles. The molecule has 1 nitrogen and oxygen atoms in total. The second kappa shape index (κ2) is 3.97. The molecule has 0 unspecified atom stereocenters. The molecule has 2 rings (SSSR count). The first kappa shape index (κ1) is 11.3. The minimum absolute atomic E-state index is 0.215. The van der Waals surface area contributed by atoms with E-state index in [1.807, 2.05) is 18.2 Å². The van der Waals surface area contributed by atoms with Crippen LogP contribution in [0, 0.1) is 0 Å². The van der Waals surface area contributed by atoms with Crippen molar-refractivity contribution >= 4 is 32.9 Å². The van der Waals surface area contributed by atoms with Crippen LogP contribution in [-0.2, 0) is 0 Å². The molecule has 0 radical (unpaired) electrons. The van der Waals surface area contributed by atoms with Crippen LogP contribution in [0.2, 0.25) is 0 Å². The van der Waals surface area contributed by atoms with Crippen LogP contribution in [0.5, 0.6) is 0 Å². The van der Waals surface area contributed by atoms with Gasteiger partial charge in [0.05, 0.1) is 0 Å². The maximum atomic E-state index is 12.0. The Morgan fingerprint density at radius 1 is 1.19 bits per heavy atom. The number of aromatic amines is 1. The number of benzene rings is 1. The largest absolute Gasteiger partial charge is 0.409 e. The summed E-state index contributed by atoms with van der Waals surface area (Å²) < 4.78 is 36.8. The molecular weight excluding hydrogens is 283 g/mol. The predicted molar refractivity (Wildman–Crippen MR) is 61.1 cm³/mol. The van der Waals surface area contributed by atoms with E-state index in [4.69, 9.17) is 0 Å². The summed E-state index contributed by atoms with van der Waals surface area (Å²) >= 11 is 3.30. The number of hydrogen-bond donors (Lipinski definition) is 1. The third kappa shape index (κ3) is 2.66. The molecule has 5 heteroatoms. The van der Waals surface area contributed by atoms with Crippen LogP contribution < -0.4 is 0 Å². The number of rotatable bonds is 1. The Morgan fingerprint density at radius 3 is 2.62 bits per heavy atom. The highest BCUT2D eigenvalue weighted by molar-refractivity contribution is 9.10. The molecule has 2 aromatic rings. The molecule has 84 valence electrons. The molecule has 1 N–H and O–H groups in total. The van der Waals surface area contributed by atoms with Crippen LogP contribution in [0.1, 0.15) is 5.69 Å². The minimum atomic E-state index is -4.28. The highest BCUT2D eigenvalue weighted by Gasteiger charge is 2.21. The standard InChI is InChI=1S/C11H7BrF3N/c12-8-1-2-10-7(5-8)6-9(16-10)3-4-11(13,14)15/h1-6,16H/b4-3+. The molecule has 0 amide bonds. The van der Waals surface area contributed by atoms with Crippen LogP contribution in [-0.4, -0.2) is 11.2 Å².